The van der Waals surface area contributed by atoms with Crippen molar-refractivity contribution < 1.29 is 19.1 Å². The summed E-state index contributed by atoms with van der Waals surface area (Å²) in [5, 5.41) is 0. The molecule has 1 aliphatic rings. The second-order valence-corrected chi connectivity index (χ2v) is 7.37. The maximum Gasteiger partial charge on any atom is 0.292 e. The number of benzene rings is 2. The Morgan fingerprint density at radius 3 is 2.27 bits per heavy atom. The summed E-state index contributed by atoms with van der Waals surface area (Å²) < 4.78 is 11.4. The molecule has 0 fully saturated rings. The Kier molecular flexibility index (Phi) is 7.49. The molecule has 2 unspecified atom stereocenters. The van der Waals surface area contributed by atoms with Gasteiger partial charge < -0.3 is 20.1 Å². The highest BCUT2D eigenvalue weighted by molar-refractivity contribution is 5.92. The van der Waals surface area contributed by atoms with Crippen molar-refractivity contribution in [2.45, 2.75) is 44.9 Å². The van der Waals surface area contributed by atoms with E-state index in [4.69, 9.17) is 15.2 Å². The smallest absolute Gasteiger partial charge is 0.292 e. The van der Waals surface area contributed by atoms with Crippen molar-refractivity contribution >= 4 is 11.8 Å². The maximum atomic E-state index is 13.2. The molecule has 158 valence electrons. The van der Waals surface area contributed by atoms with Gasteiger partial charge in [-0.25, -0.2) is 0 Å². The topological polar surface area (TPSA) is 81.9 Å². The molecule has 0 aliphatic carbocycles. The van der Waals surface area contributed by atoms with E-state index in [0.29, 0.717) is 19.4 Å². The van der Waals surface area contributed by atoms with E-state index < -0.39 is 12.2 Å². The van der Waals surface area contributed by atoms with Crippen molar-refractivity contribution in [1.82, 2.24) is 4.90 Å². The largest absolute Gasteiger partial charge is 0.458 e. The van der Waals surface area contributed by atoms with Crippen LogP contribution < -0.4 is 5.73 Å². The van der Waals surface area contributed by atoms with Gasteiger partial charge in [-0.1, -0.05) is 67.6 Å². The molecule has 2 atom stereocenters. The zero-order valence-corrected chi connectivity index (χ0v) is 17.2. The summed E-state index contributed by atoms with van der Waals surface area (Å²) in [4.78, 5) is 26.6. The lowest BCUT2D eigenvalue weighted by atomic mass is 10.0. The van der Waals surface area contributed by atoms with E-state index >= 15 is 0 Å². The fourth-order valence-corrected chi connectivity index (χ4v) is 3.58. The van der Waals surface area contributed by atoms with Crippen molar-refractivity contribution in [1.29, 1.82) is 0 Å². The number of nitrogens with zero attached hydrogens (tertiary/aromatic N) is 1. The van der Waals surface area contributed by atoms with Crippen LogP contribution in [0.25, 0.3) is 0 Å². The highest BCUT2D eigenvalue weighted by Gasteiger charge is 2.32. The number of rotatable bonds is 10. The minimum atomic E-state index is -0.543. The summed E-state index contributed by atoms with van der Waals surface area (Å²) in [6.07, 6.45) is 2.74. The molecule has 0 bridgehead atoms. The molecule has 3 rings (SSSR count). The van der Waals surface area contributed by atoms with Gasteiger partial charge in [0.25, 0.3) is 5.91 Å². The molecule has 0 spiro atoms. The van der Waals surface area contributed by atoms with Crippen molar-refractivity contribution in [3.8, 4) is 0 Å². The van der Waals surface area contributed by atoms with Crippen molar-refractivity contribution in [3.05, 3.63) is 83.8 Å². The molecule has 6 heteroatoms. The van der Waals surface area contributed by atoms with Gasteiger partial charge in [-0.15, -0.1) is 0 Å². The van der Waals surface area contributed by atoms with Crippen molar-refractivity contribution in [3.63, 3.8) is 0 Å². The van der Waals surface area contributed by atoms with Crippen LogP contribution in [0.15, 0.2) is 72.7 Å². The van der Waals surface area contributed by atoms with Gasteiger partial charge in [0.05, 0.1) is 0 Å². The van der Waals surface area contributed by atoms with Gasteiger partial charge >= 0.3 is 0 Å². The summed E-state index contributed by atoms with van der Waals surface area (Å²) in [5.41, 5.74) is 7.59. The average molecular weight is 408 g/mol. The van der Waals surface area contributed by atoms with Crippen LogP contribution in [0.2, 0.25) is 0 Å². The molecular weight excluding hydrogens is 380 g/mol. The van der Waals surface area contributed by atoms with Crippen LogP contribution in [0.3, 0.4) is 0 Å². The zero-order chi connectivity index (χ0) is 21.3. The molecule has 2 aromatic carbocycles. The van der Waals surface area contributed by atoms with Crippen LogP contribution in [-0.2, 0) is 31.9 Å². The molecule has 0 saturated heterocycles. The summed E-state index contributed by atoms with van der Waals surface area (Å²) in [6, 6.07) is 19.2. The molecule has 2 aromatic rings. The lowest BCUT2D eigenvalue weighted by Gasteiger charge is -2.31. The summed E-state index contributed by atoms with van der Waals surface area (Å²) >= 11 is 0. The van der Waals surface area contributed by atoms with Gasteiger partial charge in [-0.05, 0) is 24.0 Å². The van der Waals surface area contributed by atoms with Gasteiger partial charge in [0.2, 0.25) is 18.0 Å². The monoisotopic (exact) mass is 408 g/mol. The third kappa shape index (κ3) is 5.86. The molecule has 2 amide bonds. The van der Waals surface area contributed by atoms with E-state index in [1.807, 2.05) is 67.6 Å². The van der Waals surface area contributed by atoms with E-state index in [-0.39, 0.29) is 24.1 Å². The van der Waals surface area contributed by atoms with Crippen LogP contribution in [0.5, 0.6) is 0 Å². The number of ether oxygens (including phenoxy) is 2. The lowest BCUT2D eigenvalue weighted by Crippen LogP contribution is -2.45. The first-order valence-corrected chi connectivity index (χ1v) is 10.3. The minimum Gasteiger partial charge on any atom is -0.458 e. The Morgan fingerprint density at radius 2 is 1.67 bits per heavy atom. The third-order valence-electron chi connectivity index (χ3n) is 4.96. The Balaban J connectivity index is 1.71. The van der Waals surface area contributed by atoms with Crippen molar-refractivity contribution in [2.24, 2.45) is 5.73 Å². The predicted molar refractivity (Wildman–Crippen MR) is 114 cm³/mol. The first kappa shape index (κ1) is 21.4. The highest BCUT2D eigenvalue weighted by atomic mass is 16.7. The molecule has 0 aromatic heterocycles. The number of nitrogens with two attached hydrogens (primary N) is 1. The SMILES string of the molecule is CCCN(C(=O)C1=COC(Cc2ccccc2)O1)C(CC(N)=O)Cc1ccccc1. The Labute approximate surface area is 177 Å². The molecule has 0 radical (unpaired) electrons. The van der Waals surface area contributed by atoms with Gasteiger partial charge in [0.15, 0.2) is 0 Å². The second-order valence-electron chi connectivity index (χ2n) is 7.37. The predicted octanol–water partition coefficient (Wildman–Crippen LogP) is 3.17. The first-order chi connectivity index (χ1) is 14.6. The van der Waals surface area contributed by atoms with E-state index in [1.165, 1.54) is 6.26 Å². The Bertz CT molecular complexity index is 867. The minimum absolute atomic E-state index is 0.0855. The number of primary amides is 1. The number of hydrogen-bond donors (Lipinski definition) is 1. The first-order valence-electron chi connectivity index (χ1n) is 10.3. The fraction of sp³-hybridized carbons (Fsp3) is 0.333. The molecule has 6 nitrogen and oxygen atoms in total. The van der Waals surface area contributed by atoms with E-state index in [2.05, 4.69) is 0 Å². The van der Waals surface area contributed by atoms with Crippen LogP contribution in [0, 0.1) is 0 Å². The molecule has 1 aliphatic heterocycles. The van der Waals surface area contributed by atoms with E-state index in [0.717, 1.165) is 17.5 Å². The van der Waals surface area contributed by atoms with Crippen LogP contribution in [-0.4, -0.2) is 35.6 Å². The van der Waals surface area contributed by atoms with E-state index in [9.17, 15) is 9.59 Å². The van der Waals surface area contributed by atoms with Gasteiger partial charge in [0.1, 0.15) is 6.26 Å². The molecule has 0 saturated carbocycles. The third-order valence-corrected chi connectivity index (χ3v) is 4.96. The zero-order valence-electron chi connectivity index (χ0n) is 17.2. The normalized spacial score (nSPS) is 16.2. The summed E-state index contributed by atoms with van der Waals surface area (Å²) in [5.74, 6) is -0.564. The Morgan fingerprint density at radius 1 is 1.03 bits per heavy atom. The van der Waals surface area contributed by atoms with Crippen LogP contribution >= 0.6 is 0 Å². The van der Waals surface area contributed by atoms with Gasteiger partial charge in [0, 0.05) is 25.4 Å². The number of hydrogen-bond acceptors (Lipinski definition) is 4. The fourth-order valence-electron chi connectivity index (χ4n) is 3.58. The van der Waals surface area contributed by atoms with E-state index in [1.54, 1.807) is 4.90 Å². The highest BCUT2D eigenvalue weighted by Crippen LogP contribution is 2.23. The standard InChI is InChI=1S/C24H28N2O4/c1-2-13-26(20(16-22(25)27)14-18-9-5-3-6-10-18)24(28)21-17-29-23(30-21)15-19-11-7-4-8-12-19/h3-12,17,20,23H,2,13-16H2,1H3,(H2,25,27). The average Bonchev–Trinajstić information content (AvgIpc) is 3.21. The lowest BCUT2D eigenvalue weighted by molar-refractivity contribution is -0.136. The number of carbonyl (C=O) groups excluding carboxylic acids is 2. The number of amides is 2. The van der Waals surface area contributed by atoms with Gasteiger partial charge in [-0.2, -0.15) is 0 Å². The maximum absolute atomic E-state index is 13.2. The summed E-state index contributed by atoms with van der Waals surface area (Å²) in [6.45, 7) is 2.48. The second kappa shape index (κ2) is 10.5. The van der Waals surface area contributed by atoms with Gasteiger partial charge in [-0.3, -0.25) is 9.59 Å². The van der Waals surface area contributed by atoms with Crippen LogP contribution in [0.1, 0.15) is 30.9 Å². The molecule has 2 N–H and O–H groups in total. The number of carbonyl (C=O) groups is 2. The summed E-state index contributed by atoms with van der Waals surface area (Å²) in [7, 11) is 0. The molecule has 30 heavy (non-hydrogen) atoms. The van der Waals surface area contributed by atoms with Crippen molar-refractivity contribution in [2.75, 3.05) is 6.54 Å². The van der Waals surface area contributed by atoms with Crippen LogP contribution in [0.4, 0.5) is 0 Å². The molecular formula is C24H28N2O4. The molecule has 1 heterocycles. The quantitative estimate of drug-likeness (QED) is 0.655. The Hall–Kier alpha value is -3.28.